The molecular formula is C11H11ClO3. The van der Waals surface area contributed by atoms with Gasteiger partial charge < -0.3 is 5.11 Å². The summed E-state index contributed by atoms with van der Waals surface area (Å²) in [5.74, 6) is -0.249. The highest BCUT2D eigenvalue weighted by atomic mass is 35.5. The summed E-state index contributed by atoms with van der Waals surface area (Å²) in [6, 6.07) is 4.85. The molecule has 0 saturated heterocycles. The second kappa shape index (κ2) is 5.05. The van der Waals surface area contributed by atoms with E-state index in [4.69, 9.17) is 16.7 Å². The van der Waals surface area contributed by atoms with Gasteiger partial charge in [0.15, 0.2) is 5.78 Å². The van der Waals surface area contributed by atoms with Gasteiger partial charge in [0.2, 0.25) is 0 Å². The van der Waals surface area contributed by atoms with Crippen LogP contribution < -0.4 is 0 Å². The second-order valence-electron chi connectivity index (χ2n) is 3.17. The van der Waals surface area contributed by atoms with Crippen molar-refractivity contribution >= 4 is 23.7 Å². The number of alkyl halides is 1. The summed E-state index contributed by atoms with van der Waals surface area (Å²) in [5.41, 5.74) is 1.26. The Balaban J connectivity index is 3.33. The number of aliphatic hydroxyl groups excluding tert-OH is 1. The van der Waals surface area contributed by atoms with Crippen molar-refractivity contribution in [3.8, 4) is 0 Å². The maximum atomic E-state index is 11.2. The third-order valence-electron chi connectivity index (χ3n) is 2.14. The molecule has 0 aliphatic rings. The van der Waals surface area contributed by atoms with Crippen LogP contribution in [0.1, 0.15) is 33.8 Å². The van der Waals surface area contributed by atoms with Gasteiger partial charge in [0.1, 0.15) is 11.7 Å². The van der Waals surface area contributed by atoms with Crippen molar-refractivity contribution < 1.29 is 14.7 Å². The predicted octanol–water partition coefficient (Wildman–Crippen LogP) is 1.86. The van der Waals surface area contributed by atoms with Crippen LogP contribution in [0.15, 0.2) is 18.2 Å². The van der Waals surface area contributed by atoms with E-state index in [1.807, 2.05) is 0 Å². The molecule has 1 unspecified atom stereocenters. The standard InChI is InChI=1S/C11H11ClO3/c1-7(15)11(12)10-8(5-13)3-2-4-9(10)6-14/h2-5,11,14H,6H2,1H3. The number of aliphatic hydroxyl groups is 1. The molecule has 0 fully saturated rings. The molecule has 1 N–H and O–H groups in total. The normalized spacial score (nSPS) is 12.2. The molecule has 0 bridgehead atoms. The molecule has 3 nitrogen and oxygen atoms in total. The van der Waals surface area contributed by atoms with Crippen molar-refractivity contribution in [2.75, 3.05) is 0 Å². The summed E-state index contributed by atoms with van der Waals surface area (Å²) in [6.07, 6.45) is 0.632. The van der Waals surface area contributed by atoms with Crippen LogP contribution in [-0.2, 0) is 11.4 Å². The molecule has 0 heterocycles. The van der Waals surface area contributed by atoms with E-state index in [1.165, 1.54) is 6.92 Å². The van der Waals surface area contributed by atoms with E-state index in [1.54, 1.807) is 18.2 Å². The van der Waals surface area contributed by atoms with Crippen molar-refractivity contribution in [2.45, 2.75) is 18.9 Å². The third kappa shape index (κ3) is 2.43. The summed E-state index contributed by atoms with van der Waals surface area (Å²) < 4.78 is 0. The summed E-state index contributed by atoms with van der Waals surface area (Å²) in [5, 5.41) is 8.20. The molecule has 1 atom stereocenters. The van der Waals surface area contributed by atoms with Gasteiger partial charge in [-0.3, -0.25) is 9.59 Å². The zero-order chi connectivity index (χ0) is 11.4. The minimum absolute atomic E-state index is 0.243. The van der Waals surface area contributed by atoms with Crippen LogP contribution in [-0.4, -0.2) is 17.2 Å². The Bertz CT molecular complexity index is 387. The Hall–Kier alpha value is -1.19. The quantitative estimate of drug-likeness (QED) is 0.630. The molecule has 1 aromatic rings. The number of Topliss-reactive ketones (excluding diaryl/α,β-unsaturated/α-hetero) is 1. The van der Waals surface area contributed by atoms with E-state index in [9.17, 15) is 9.59 Å². The van der Waals surface area contributed by atoms with Gasteiger partial charge in [-0.15, -0.1) is 11.6 Å². The lowest BCUT2D eigenvalue weighted by Gasteiger charge is -2.13. The molecule has 0 aromatic heterocycles. The number of hydrogen-bond donors (Lipinski definition) is 1. The lowest BCUT2D eigenvalue weighted by Crippen LogP contribution is -2.08. The fourth-order valence-electron chi connectivity index (χ4n) is 1.39. The Labute approximate surface area is 92.7 Å². The summed E-state index contributed by atoms with van der Waals surface area (Å²) in [6.45, 7) is 1.11. The van der Waals surface area contributed by atoms with Crippen molar-refractivity contribution in [2.24, 2.45) is 0 Å². The molecular weight excluding hydrogens is 216 g/mol. The number of ketones is 1. The Morgan fingerprint density at radius 3 is 2.73 bits per heavy atom. The van der Waals surface area contributed by atoms with Gasteiger partial charge in [0, 0.05) is 5.56 Å². The highest BCUT2D eigenvalue weighted by Gasteiger charge is 2.19. The van der Waals surface area contributed by atoms with Gasteiger partial charge in [-0.25, -0.2) is 0 Å². The second-order valence-corrected chi connectivity index (χ2v) is 3.61. The lowest BCUT2D eigenvalue weighted by molar-refractivity contribution is -0.116. The van der Waals surface area contributed by atoms with E-state index < -0.39 is 5.38 Å². The van der Waals surface area contributed by atoms with Gasteiger partial charge in [-0.1, -0.05) is 18.2 Å². The fourth-order valence-corrected chi connectivity index (χ4v) is 1.65. The predicted molar refractivity (Wildman–Crippen MR) is 57.0 cm³/mol. The van der Waals surface area contributed by atoms with Gasteiger partial charge in [-0.2, -0.15) is 0 Å². The van der Waals surface area contributed by atoms with Crippen LogP contribution in [0.25, 0.3) is 0 Å². The Morgan fingerprint density at radius 2 is 2.27 bits per heavy atom. The highest BCUT2D eigenvalue weighted by molar-refractivity contribution is 6.31. The van der Waals surface area contributed by atoms with Crippen LogP contribution in [0.4, 0.5) is 0 Å². The van der Waals surface area contributed by atoms with E-state index >= 15 is 0 Å². The van der Waals surface area contributed by atoms with Crippen molar-refractivity contribution in [1.29, 1.82) is 0 Å². The molecule has 0 radical (unpaired) electrons. The molecule has 0 aliphatic carbocycles. The van der Waals surface area contributed by atoms with E-state index in [2.05, 4.69) is 0 Å². The fraction of sp³-hybridized carbons (Fsp3) is 0.273. The number of aldehydes is 1. The van der Waals surface area contributed by atoms with Gasteiger partial charge in [0.05, 0.1) is 6.61 Å². The first kappa shape index (κ1) is 11.9. The SMILES string of the molecule is CC(=O)C(Cl)c1c(C=O)cccc1CO. The largest absolute Gasteiger partial charge is 0.392 e. The van der Waals surface area contributed by atoms with E-state index in [0.29, 0.717) is 23.0 Å². The number of carbonyl (C=O) groups excluding carboxylic acids is 2. The Kier molecular flexibility index (Phi) is 4.00. The third-order valence-corrected chi connectivity index (χ3v) is 2.66. The van der Waals surface area contributed by atoms with E-state index in [0.717, 1.165) is 0 Å². The lowest BCUT2D eigenvalue weighted by atomic mass is 9.97. The van der Waals surface area contributed by atoms with Crippen molar-refractivity contribution in [3.63, 3.8) is 0 Å². The Morgan fingerprint density at radius 1 is 1.60 bits per heavy atom. The van der Waals surface area contributed by atoms with Gasteiger partial charge in [-0.05, 0) is 18.1 Å². The molecule has 0 aliphatic heterocycles. The molecule has 80 valence electrons. The van der Waals surface area contributed by atoms with Crippen molar-refractivity contribution in [1.82, 2.24) is 0 Å². The van der Waals surface area contributed by atoms with Gasteiger partial charge in [0.25, 0.3) is 0 Å². The molecule has 0 spiro atoms. The van der Waals surface area contributed by atoms with Crippen LogP contribution in [0.5, 0.6) is 0 Å². The first-order valence-electron chi connectivity index (χ1n) is 4.44. The van der Waals surface area contributed by atoms with Crippen LogP contribution in [0.2, 0.25) is 0 Å². The topological polar surface area (TPSA) is 54.4 Å². The molecule has 15 heavy (non-hydrogen) atoms. The average molecular weight is 227 g/mol. The summed E-state index contributed by atoms with van der Waals surface area (Å²) >= 11 is 5.89. The van der Waals surface area contributed by atoms with Crippen LogP contribution in [0.3, 0.4) is 0 Å². The first-order chi connectivity index (χ1) is 7.11. The van der Waals surface area contributed by atoms with E-state index in [-0.39, 0.29) is 12.4 Å². The smallest absolute Gasteiger partial charge is 0.152 e. The molecule has 0 saturated carbocycles. The summed E-state index contributed by atoms with van der Waals surface area (Å²) in [7, 11) is 0. The monoisotopic (exact) mass is 226 g/mol. The van der Waals surface area contributed by atoms with Crippen molar-refractivity contribution in [3.05, 3.63) is 34.9 Å². The number of benzene rings is 1. The average Bonchev–Trinajstić information content (AvgIpc) is 2.26. The molecule has 1 rings (SSSR count). The number of rotatable bonds is 4. The zero-order valence-corrected chi connectivity index (χ0v) is 8.99. The molecule has 0 amide bonds. The zero-order valence-electron chi connectivity index (χ0n) is 8.24. The minimum Gasteiger partial charge on any atom is -0.392 e. The number of hydrogen-bond acceptors (Lipinski definition) is 3. The van der Waals surface area contributed by atoms with Crippen LogP contribution >= 0.6 is 11.6 Å². The number of halogens is 1. The highest BCUT2D eigenvalue weighted by Crippen LogP contribution is 2.27. The van der Waals surface area contributed by atoms with Gasteiger partial charge >= 0.3 is 0 Å². The first-order valence-corrected chi connectivity index (χ1v) is 4.87. The summed E-state index contributed by atoms with van der Waals surface area (Å²) in [4.78, 5) is 21.9. The maximum absolute atomic E-state index is 11.2. The molecule has 4 heteroatoms. The maximum Gasteiger partial charge on any atom is 0.152 e. The number of carbonyl (C=O) groups is 2. The van der Waals surface area contributed by atoms with Crippen LogP contribution in [0, 0.1) is 0 Å². The minimum atomic E-state index is -0.881. The molecule has 1 aromatic carbocycles.